The van der Waals surface area contributed by atoms with Gasteiger partial charge in [0.25, 0.3) is 0 Å². The van der Waals surface area contributed by atoms with E-state index in [4.69, 9.17) is 4.74 Å². The molecule has 0 radical (unpaired) electrons. The van der Waals surface area contributed by atoms with Gasteiger partial charge >= 0.3 is 6.09 Å². The van der Waals surface area contributed by atoms with Gasteiger partial charge in [0.2, 0.25) is 0 Å². The number of carbonyl (C=O) groups is 1. The molecule has 1 aliphatic rings. The van der Waals surface area contributed by atoms with E-state index in [1.165, 1.54) is 0 Å². The van der Waals surface area contributed by atoms with Crippen LogP contribution in [0.25, 0.3) is 0 Å². The molecule has 112 valence electrons. The highest BCUT2D eigenvalue weighted by atomic mass is 79.9. The van der Waals surface area contributed by atoms with Crippen LogP contribution >= 0.6 is 15.9 Å². The van der Waals surface area contributed by atoms with Crippen molar-refractivity contribution >= 4 is 22.0 Å². The van der Waals surface area contributed by atoms with Crippen molar-refractivity contribution < 1.29 is 9.53 Å². The molecule has 20 heavy (non-hydrogen) atoms. The minimum Gasteiger partial charge on any atom is -0.444 e. The van der Waals surface area contributed by atoms with Crippen LogP contribution in [0.1, 0.15) is 45.9 Å². The molecule has 1 amide bonds. The highest BCUT2D eigenvalue weighted by Crippen LogP contribution is 2.31. The summed E-state index contributed by atoms with van der Waals surface area (Å²) >= 11 is 3.37. The first-order valence-electron chi connectivity index (χ1n) is 6.77. The molecule has 0 N–H and O–H groups in total. The van der Waals surface area contributed by atoms with Gasteiger partial charge in [-0.05, 0) is 57.0 Å². The Morgan fingerprint density at radius 3 is 2.60 bits per heavy atom. The van der Waals surface area contributed by atoms with Crippen molar-refractivity contribution in [3.05, 3.63) is 10.3 Å². The molecule has 7 heteroatoms. The Labute approximate surface area is 127 Å². The van der Waals surface area contributed by atoms with Crippen molar-refractivity contribution in [1.29, 1.82) is 0 Å². The summed E-state index contributed by atoms with van der Waals surface area (Å²) in [7, 11) is 0. The fourth-order valence-corrected chi connectivity index (χ4v) is 2.72. The summed E-state index contributed by atoms with van der Waals surface area (Å²) in [5, 5.41) is 8.18. The largest absolute Gasteiger partial charge is 0.444 e. The zero-order chi connectivity index (χ0) is 15.1. The van der Waals surface area contributed by atoms with Gasteiger partial charge in [0.15, 0.2) is 4.60 Å². The lowest BCUT2D eigenvalue weighted by Crippen LogP contribution is -2.40. The summed E-state index contributed by atoms with van der Waals surface area (Å²) in [6, 6.07) is 0.179. The zero-order valence-corrected chi connectivity index (χ0v) is 14.1. The summed E-state index contributed by atoms with van der Waals surface area (Å²) in [6.07, 6.45) is 0.598. The predicted molar refractivity (Wildman–Crippen MR) is 78.5 cm³/mol. The summed E-state index contributed by atoms with van der Waals surface area (Å²) in [6.45, 7) is 10.3. The van der Waals surface area contributed by atoms with E-state index in [0.717, 1.165) is 16.7 Å². The molecule has 2 heterocycles. The molecule has 0 aromatic carbocycles. The highest BCUT2D eigenvalue weighted by molar-refractivity contribution is 9.10. The quantitative estimate of drug-likeness (QED) is 0.785. The minimum atomic E-state index is -0.471. The van der Waals surface area contributed by atoms with Crippen LogP contribution in [-0.4, -0.2) is 44.2 Å². The summed E-state index contributed by atoms with van der Waals surface area (Å²) in [5.74, 6) is 0. The van der Waals surface area contributed by atoms with Gasteiger partial charge in [0, 0.05) is 6.54 Å². The van der Waals surface area contributed by atoms with Gasteiger partial charge < -0.3 is 9.64 Å². The van der Waals surface area contributed by atoms with Crippen LogP contribution in [0.5, 0.6) is 0 Å². The normalized spacial score (nSPS) is 23.2. The second kappa shape index (κ2) is 5.35. The Bertz CT molecular complexity index is 509. The maximum Gasteiger partial charge on any atom is 0.410 e. The van der Waals surface area contributed by atoms with Crippen molar-refractivity contribution in [2.75, 3.05) is 6.54 Å². The molecule has 0 bridgehead atoms. The van der Waals surface area contributed by atoms with Crippen LogP contribution in [0.2, 0.25) is 0 Å². The zero-order valence-electron chi connectivity index (χ0n) is 12.6. The summed E-state index contributed by atoms with van der Waals surface area (Å²) in [4.78, 5) is 14.0. The lowest BCUT2D eigenvalue weighted by atomic mass is 10.1. The molecular weight excluding hydrogens is 324 g/mol. The minimum absolute atomic E-state index is 0.0390. The molecule has 0 spiro atoms. The topological polar surface area (TPSA) is 60.2 Å². The van der Waals surface area contributed by atoms with Crippen molar-refractivity contribution in [3.63, 3.8) is 0 Å². The summed E-state index contributed by atoms with van der Waals surface area (Å²) in [5.41, 5.74) is 0.508. The summed E-state index contributed by atoms with van der Waals surface area (Å²) < 4.78 is 8.08. The smallest absolute Gasteiger partial charge is 0.410 e. The molecule has 2 atom stereocenters. The lowest BCUT2D eigenvalue weighted by molar-refractivity contribution is 0.0222. The van der Waals surface area contributed by atoms with Crippen molar-refractivity contribution in [2.24, 2.45) is 0 Å². The van der Waals surface area contributed by atoms with Crippen molar-refractivity contribution in [1.82, 2.24) is 19.9 Å². The van der Waals surface area contributed by atoms with E-state index in [-0.39, 0.29) is 18.2 Å². The third-order valence-electron chi connectivity index (χ3n) is 3.53. The Kier molecular flexibility index (Phi) is 4.09. The first kappa shape index (κ1) is 15.3. The molecule has 1 saturated heterocycles. The number of likely N-dealkylation sites (tertiary alicyclic amines) is 1. The van der Waals surface area contributed by atoms with Gasteiger partial charge in [0.1, 0.15) is 5.60 Å². The van der Waals surface area contributed by atoms with Gasteiger partial charge in [-0.25, -0.2) is 9.48 Å². The van der Waals surface area contributed by atoms with E-state index in [9.17, 15) is 4.79 Å². The average molecular weight is 345 g/mol. The molecule has 1 aromatic rings. The number of carbonyl (C=O) groups excluding carboxylic acids is 1. The molecule has 6 nitrogen and oxygen atoms in total. The molecule has 0 unspecified atom stereocenters. The lowest BCUT2D eigenvalue weighted by Gasteiger charge is -2.28. The van der Waals surface area contributed by atoms with Crippen LogP contribution in [0, 0.1) is 6.92 Å². The van der Waals surface area contributed by atoms with Crippen molar-refractivity contribution in [2.45, 2.75) is 58.7 Å². The standard InChI is InChI=1S/C13H21BrN4O2/c1-8-10(18-9(2)11(14)15-16-18)6-7-17(8)12(19)20-13(3,4)5/h8,10H,6-7H2,1-5H3/t8-,10+/m1/s1. The molecule has 0 saturated carbocycles. The van der Waals surface area contributed by atoms with Gasteiger partial charge in [-0.2, -0.15) is 0 Å². The van der Waals surface area contributed by atoms with Gasteiger partial charge in [-0.3, -0.25) is 0 Å². The van der Waals surface area contributed by atoms with E-state index in [1.807, 2.05) is 39.3 Å². The number of nitrogens with zero attached hydrogens (tertiary/aromatic N) is 4. The Morgan fingerprint density at radius 2 is 2.10 bits per heavy atom. The van der Waals surface area contributed by atoms with E-state index in [1.54, 1.807) is 4.90 Å². The number of aromatic nitrogens is 3. The van der Waals surface area contributed by atoms with Crippen LogP contribution in [0.4, 0.5) is 4.79 Å². The van der Waals surface area contributed by atoms with Crippen LogP contribution in [0.3, 0.4) is 0 Å². The fourth-order valence-electron chi connectivity index (χ4n) is 2.47. The second-order valence-corrected chi connectivity index (χ2v) is 6.93. The van der Waals surface area contributed by atoms with E-state index in [0.29, 0.717) is 6.54 Å². The third-order valence-corrected chi connectivity index (χ3v) is 4.26. The molecule has 0 aliphatic carbocycles. The first-order valence-corrected chi connectivity index (χ1v) is 7.57. The number of halogens is 1. The van der Waals surface area contributed by atoms with Crippen molar-refractivity contribution in [3.8, 4) is 0 Å². The van der Waals surface area contributed by atoms with Crippen LogP contribution < -0.4 is 0 Å². The Balaban J connectivity index is 2.12. The van der Waals surface area contributed by atoms with Gasteiger partial charge in [-0.15, -0.1) is 5.10 Å². The number of ether oxygens (including phenoxy) is 1. The maximum absolute atomic E-state index is 12.2. The van der Waals surface area contributed by atoms with E-state index < -0.39 is 5.60 Å². The Hall–Kier alpha value is -1.11. The van der Waals surface area contributed by atoms with Gasteiger partial charge in [-0.1, -0.05) is 5.21 Å². The number of amides is 1. The van der Waals surface area contributed by atoms with Gasteiger partial charge in [0.05, 0.1) is 17.8 Å². The molecule has 2 rings (SSSR count). The van der Waals surface area contributed by atoms with Crippen LogP contribution in [0.15, 0.2) is 4.60 Å². The maximum atomic E-state index is 12.2. The third kappa shape index (κ3) is 2.97. The van der Waals surface area contributed by atoms with E-state index in [2.05, 4.69) is 26.2 Å². The average Bonchev–Trinajstić information content (AvgIpc) is 2.82. The second-order valence-electron chi connectivity index (χ2n) is 6.18. The van der Waals surface area contributed by atoms with Crippen LogP contribution in [-0.2, 0) is 4.74 Å². The Morgan fingerprint density at radius 1 is 1.45 bits per heavy atom. The molecule has 1 aliphatic heterocycles. The molecule has 1 fully saturated rings. The fraction of sp³-hybridized carbons (Fsp3) is 0.769. The first-order chi connectivity index (χ1) is 9.20. The number of rotatable bonds is 1. The number of hydrogen-bond donors (Lipinski definition) is 0. The predicted octanol–water partition coefficient (Wildman–Crippen LogP) is 2.92. The number of hydrogen-bond acceptors (Lipinski definition) is 4. The molecular formula is C13H21BrN4O2. The molecule has 1 aromatic heterocycles. The monoisotopic (exact) mass is 344 g/mol. The SMILES string of the molecule is Cc1c(Br)nnn1[C@H]1CCN(C(=O)OC(C)(C)C)[C@@H]1C. The van der Waals surface area contributed by atoms with E-state index >= 15 is 0 Å². The highest BCUT2D eigenvalue weighted by Gasteiger charge is 2.38.